The molecule has 5 nitrogen and oxygen atoms in total. The fourth-order valence-electron chi connectivity index (χ4n) is 4.25. The van der Waals surface area contributed by atoms with E-state index < -0.39 is 0 Å². The third-order valence-corrected chi connectivity index (χ3v) is 6.15. The molecule has 1 N–H and O–H groups in total. The normalized spacial score (nSPS) is 36.6. The fourth-order valence-corrected chi connectivity index (χ4v) is 4.25. The molecule has 3 saturated heterocycles. The molecule has 0 aromatic rings. The number of ether oxygens (including phenoxy) is 1. The Bertz CT molecular complexity index is 420. The molecule has 5 heteroatoms. The van der Waals surface area contributed by atoms with E-state index in [2.05, 4.69) is 22.2 Å². The average molecular weight is 293 g/mol. The second kappa shape index (κ2) is 5.21. The molecule has 4 aliphatic rings. The maximum absolute atomic E-state index is 12.6. The van der Waals surface area contributed by atoms with Gasteiger partial charge in [0.15, 0.2) is 0 Å². The lowest BCUT2D eigenvalue weighted by molar-refractivity contribution is -0.128. The molecule has 1 unspecified atom stereocenters. The van der Waals surface area contributed by atoms with Crippen molar-refractivity contribution >= 4 is 5.91 Å². The van der Waals surface area contributed by atoms with E-state index in [1.807, 2.05) is 0 Å². The zero-order valence-corrected chi connectivity index (χ0v) is 13.0. The standard InChI is InChI=1S/C16H27N3O2/c1-18-6-2-12(8-16(18)4-5-16)15(20)17-13-3-7-19(9-13)14-10-21-11-14/h12-14H,2-11H2,1H3,(H,17,20)/t12-,13?/m0/s1. The number of piperidine rings is 1. The van der Waals surface area contributed by atoms with E-state index in [1.54, 1.807) is 0 Å². The summed E-state index contributed by atoms with van der Waals surface area (Å²) in [6, 6.07) is 0.956. The van der Waals surface area contributed by atoms with Crippen molar-refractivity contribution in [3.05, 3.63) is 0 Å². The van der Waals surface area contributed by atoms with Gasteiger partial charge in [0, 0.05) is 30.6 Å². The Morgan fingerprint density at radius 1 is 1.24 bits per heavy atom. The van der Waals surface area contributed by atoms with Crippen molar-refractivity contribution < 1.29 is 9.53 Å². The largest absolute Gasteiger partial charge is 0.378 e. The van der Waals surface area contributed by atoms with E-state index in [0.717, 1.165) is 52.1 Å². The Balaban J connectivity index is 1.28. The second-order valence-electron chi connectivity index (χ2n) is 7.52. The number of likely N-dealkylation sites (tertiary alicyclic amines) is 2. The maximum Gasteiger partial charge on any atom is 0.223 e. The lowest BCUT2D eigenvalue weighted by atomic mass is 9.88. The highest BCUT2D eigenvalue weighted by Gasteiger charge is 2.51. The molecule has 3 heterocycles. The zero-order valence-electron chi connectivity index (χ0n) is 13.0. The number of nitrogens with one attached hydrogen (secondary N) is 1. The molecule has 118 valence electrons. The molecular weight excluding hydrogens is 266 g/mol. The third-order valence-electron chi connectivity index (χ3n) is 6.15. The van der Waals surface area contributed by atoms with E-state index in [9.17, 15) is 4.79 Å². The SMILES string of the molecule is CN1CC[C@H](C(=O)NC2CCN(C3COC3)C2)CC12CC2. The minimum absolute atomic E-state index is 0.241. The van der Waals surface area contributed by atoms with Gasteiger partial charge in [-0.15, -0.1) is 0 Å². The molecular formula is C16H27N3O2. The number of hydrogen-bond donors (Lipinski definition) is 1. The van der Waals surface area contributed by atoms with Gasteiger partial charge in [0.25, 0.3) is 0 Å². The molecule has 1 aliphatic carbocycles. The lowest BCUT2D eigenvalue weighted by Crippen LogP contribution is -2.50. The second-order valence-corrected chi connectivity index (χ2v) is 7.52. The van der Waals surface area contributed by atoms with Crippen LogP contribution < -0.4 is 5.32 Å². The van der Waals surface area contributed by atoms with Crippen molar-refractivity contribution in [1.82, 2.24) is 15.1 Å². The number of carbonyl (C=O) groups excluding carboxylic acids is 1. The summed E-state index contributed by atoms with van der Waals surface area (Å²) in [5, 5.41) is 3.32. The first-order valence-corrected chi connectivity index (χ1v) is 8.50. The van der Waals surface area contributed by atoms with Crippen LogP contribution in [0.5, 0.6) is 0 Å². The quantitative estimate of drug-likeness (QED) is 0.821. The molecule has 0 aromatic heterocycles. The number of rotatable bonds is 3. The molecule has 0 aromatic carbocycles. The Morgan fingerprint density at radius 2 is 2.05 bits per heavy atom. The van der Waals surface area contributed by atoms with Gasteiger partial charge >= 0.3 is 0 Å². The summed E-state index contributed by atoms with van der Waals surface area (Å²) >= 11 is 0. The van der Waals surface area contributed by atoms with Gasteiger partial charge in [-0.2, -0.15) is 0 Å². The molecule has 0 bridgehead atoms. The van der Waals surface area contributed by atoms with Crippen molar-refractivity contribution in [3.8, 4) is 0 Å². The maximum atomic E-state index is 12.6. The number of nitrogens with zero attached hydrogens (tertiary/aromatic N) is 2. The molecule has 21 heavy (non-hydrogen) atoms. The van der Waals surface area contributed by atoms with Crippen molar-refractivity contribution in [1.29, 1.82) is 0 Å². The van der Waals surface area contributed by atoms with Gasteiger partial charge in [0.2, 0.25) is 5.91 Å². The summed E-state index contributed by atoms with van der Waals surface area (Å²) in [7, 11) is 2.22. The Hall–Kier alpha value is -0.650. The molecule has 4 rings (SSSR count). The van der Waals surface area contributed by atoms with Gasteiger partial charge in [-0.25, -0.2) is 0 Å². The highest BCUT2D eigenvalue weighted by atomic mass is 16.5. The predicted molar refractivity (Wildman–Crippen MR) is 80.0 cm³/mol. The van der Waals surface area contributed by atoms with Crippen LogP contribution in [0.15, 0.2) is 0 Å². The smallest absolute Gasteiger partial charge is 0.223 e. The lowest BCUT2D eigenvalue weighted by Gasteiger charge is -2.37. The predicted octanol–water partition coefficient (Wildman–Crippen LogP) is 0.450. The highest BCUT2D eigenvalue weighted by Crippen LogP contribution is 2.49. The van der Waals surface area contributed by atoms with Crippen molar-refractivity contribution in [2.45, 2.75) is 49.7 Å². The molecule has 0 radical (unpaired) electrons. The van der Waals surface area contributed by atoms with Crippen LogP contribution in [-0.2, 0) is 9.53 Å². The van der Waals surface area contributed by atoms with Crippen LogP contribution in [0.2, 0.25) is 0 Å². The third kappa shape index (κ3) is 2.60. The Kier molecular flexibility index (Phi) is 3.47. The summed E-state index contributed by atoms with van der Waals surface area (Å²) < 4.78 is 5.27. The topological polar surface area (TPSA) is 44.8 Å². The summed E-state index contributed by atoms with van der Waals surface area (Å²) in [5.74, 6) is 0.552. The van der Waals surface area contributed by atoms with Crippen LogP contribution in [0.1, 0.15) is 32.1 Å². The molecule has 4 fully saturated rings. The van der Waals surface area contributed by atoms with E-state index in [4.69, 9.17) is 4.74 Å². The van der Waals surface area contributed by atoms with E-state index in [0.29, 0.717) is 23.5 Å². The van der Waals surface area contributed by atoms with Gasteiger partial charge < -0.3 is 15.0 Å². The van der Waals surface area contributed by atoms with Crippen LogP contribution in [0, 0.1) is 5.92 Å². The van der Waals surface area contributed by atoms with Crippen molar-refractivity contribution in [2.24, 2.45) is 5.92 Å². The fraction of sp³-hybridized carbons (Fsp3) is 0.938. The monoisotopic (exact) mass is 293 g/mol. The van der Waals surface area contributed by atoms with Crippen LogP contribution in [0.4, 0.5) is 0 Å². The highest BCUT2D eigenvalue weighted by molar-refractivity contribution is 5.79. The molecule has 1 amide bonds. The molecule has 2 atom stereocenters. The van der Waals surface area contributed by atoms with E-state index in [1.165, 1.54) is 12.8 Å². The summed E-state index contributed by atoms with van der Waals surface area (Å²) in [4.78, 5) is 17.5. The van der Waals surface area contributed by atoms with Gasteiger partial charge in [-0.05, 0) is 45.7 Å². The minimum Gasteiger partial charge on any atom is -0.378 e. The first-order chi connectivity index (χ1) is 10.2. The zero-order chi connectivity index (χ0) is 14.4. The van der Waals surface area contributed by atoms with Crippen LogP contribution in [0.25, 0.3) is 0 Å². The van der Waals surface area contributed by atoms with Crippen molar-refractivity contribution in [3.63, 3.8) is 0 Å². The van der Waals surface area contributed by atoms with Gasteiger partial charge in [0.05, 0.1) is 19.3 Å². The first kappa shape index (κ1) is 14.0. The van der Waals surface area contributed by atoms with E-state index in [-0.39, 0.29) is 5.92 Å². The number of carbonyl (C=O) groups is 1. The van der Waals surface area contributed by atoms with Gasteiger partial charge in [-0.1, -0.05) is 0 Å². The molecule has 1 spiro atoms. The summed E-state index contributed by atoms with van der Waals surface area (Å²) in [6.07, 6.45) is 5.76. The summed E-state index contributed by atoms with van der Waals surface area (Å²) in [5.41, 5.74) is 0.380. The van der Waals surface area contributed by atoms with Gasteiger partial charge in [0.1, 0.15) is 0 Å². The number of amides is 1. The Morgan fingerprint density at radius 3 is 2.71 bits per heavy atom. The number of hydrogen-bond acceptors (Lipinski definition) is 4. The van der Waals surface area contributed by atoms with Crippen LogP contribution >= 0.6 is 0 Å². The average Bonchev–Trinajstić information content (AvgIpc) is 3.04. The Labute approximate surface area is 127 Å². The van der Waals surface area contributed by atoms with Crippen LogP contribution in [-0.4, -0.2) is 73.2 Å². The van der Waals surface area contributed by atoms with Crippen LogP contribution in [0.3, 0.4) is 0 Å². The first-order valence-electron chi connectivity index (χ1n) is 8.50. The van der Waals surface area contributed by atoms with E-state index >= 15 is 0 Å². The molecule has 1 saturated carbocycles. The summed E-state index contributed by atoms with van der Waals surface area (Å²) in [6.45, 7) is 4.94. The minimum atomic E-state index is 0.241. The van der Waals surface area contributed by atoms with Gasteiger partial charge in [-0.3, -0.25) is 9.69 Å². The molecule has 3 aliphatic heterocycles. The van der Waals surface area contributed by atoms with Crippen molar-refractivity contribution in [2.75, 3.05) is 39.9 Å².